The lowest BCUT2D eigenvalue weighted by Crippen LogP contribution is -2.37. The molecule has 1 unspecified atom stereocenters. The van der Waals surface area contributed by atoms with Gasteiger partial charge in [-0.3, -0.25) is 0 Å². The Morgan fingerprint density at radius 1 is 0.640 bits per heavy atom. The third-order valence-corrected chi connectivity index (χ3v) is 11.5. The van der Waals surface area contributed by atoms with Crippen LogP contribution in [0.3, 0.4) is 0 Å². The third kappa shape index (κ3) is 4.71. The Morgan fingerprint density at radius 2 is 1.36 bits per heavy atom. The maximum Gasteiger partial charge on any atom is 0.0572 e. The molecule has 0 saturated heterocycles. The van der Waals surface area contributed by atoms with Crippen LogP contribution in [0, 0.1) is 0 Å². The summed E-state index contributed by atoms with van der Waals surface area (Å²) in [6, 6.07) is 48.5. The van der Waals surface area contributed by atoms with E-state index in [0.717, 1.165) is 23.2 Å². The molecule has 1 aliphatic heterocycles. The van der Waals surface area contributed by atoms with Crippen LogP contribution in [0.25, 0.3) is 64.7 Å². The summed E-state index contributed by atoms with van der Waals surface area (Å²) in [6.07, 6.45) is 12.1. The van der Waals surface area contributed by atoms with Gasteiger partial charge in [0.2, 0.25) is 0 Å². The number of hydrogen-bond donors (Lipinski definition) is 1. The molecule has 6 aromatic carbocycles. The van der Waals surface area contributed by atoms with Crippen LogP contribution in [0.5, 0.6) is 0 Å². The first kappa shape index (κ1) is 28.9. The third-order valence-electron chi connectivity index (χ3n) is 10.3. The van der Waals surface area contributed by atoms with Crippen molar-refractivity contribution in [2.75, 3.05) is 10.6 Å². The van der Waals surface area contributed by atoms with E-state index in [4.69, 9.17) is 5.73 Å². The maximum atomic E-state index is 6.35. The Kier molecular flexibility index (Phi) is 6.63. The smallest absolute Gasteiger partial charge is 0.0572 e. The molecule has 2 aliphatic carbocycles. The number of hydrogen-bond acceptors (Lipinski definition) is 3. The van der Waals surface area contributed by atoms with E-state index < -0.39 is 0 Å². The van der Waals surface area contributed by atoms with E-state index in [-0.39, 0.29) is 6.04 Å². The van der Waals surface area contributed by atoms with Crippen molar-refractivity contribution in [1.29, 1.82) is 0 Å². The monoisotopic (exact) mass is 656 g/mol. The highest BCUT2D eigenvalue weighted by Gasteiger charge is 2.33. The van der Waals surface area contributed by atoms with Crippen LogP contribution in [0.2, 0.25) is 0 Å². The lowest BCUT2D eigenvalue weighted by atomic mass is 9.81. The van der Waals surface area contributed by atoms with Crippen molar-refractivity contribution < 1.29 is 0 Å². The van der Waals surface area contributed by atoms with Gasteiger partial charge in [0, 0.05) is 48.7 Å². The number of thiophene rings is 1. The number of anilines is 2. The fraction of sp³-hybridized carbons (Fsp3) is 0.0426. The van der Waals surface area contributed by atoms with Crippen molar-refractivity contribution in [2.24, 2.45) is 0 Å². The molecule has 236 valence electrons. The van der Waals surface area contributed by atoms with Crippen LogP contribution >= 0.6 is 11.3 Å². The molecule has 7 aromatic rings. The summed E-state index contributed by atoms with van der Waals surface area (Å²) in [4.78, 5) is 2.50. The van der Waals surface area contributed by atoms with Crippen molar-refractivity contribution in [3.05, 3.63) is 186 Å². The fourth-order valence-corrected chi connectivity index (χ4v) is 9.18. The largest absolute Gasteiger partial charge is 0.398 e. The Hall–Kier alpha value is -6.12. The highest BCUT2D eigenvalue weighted by atomic mass is 32.1. The first-order chi connectivity index (χ1) is 24.7. The average Bonchev–Trinajstić information content (AvgIpc) is 3.84. The molecule has 2 bridgehead atoms. The molecule has 10 rings (SSSR count). The summed E-state index contributed by atoms with van der Waals surface area (Å²) in [5.74, 6) is 0. The maximum absolute atomic E-state index is 6.35. The topological polar surface area (TPSA) is 29.3 Å². The Balaban J connectivity index is 1.08. The number of nitrogens with two attached hydrogens (primary N) is 1. The zero-order valence-corrected chi connectivity index (χ0v) is 28.1. The van der Waals surface area contributed by atoms with Gasteiger partial charge in [0.1, 0.15) is 0 Å². The van der Waals surface area contributed by atoms with Gasteiger partial charge in [0.15, 0.2) is 0 Å². The van der Waals surface area contributed by atoms with Gasteiger partial charge in [-0.1, -0.05) is 109 Å². The molecule has 0 fully saturated rings. The van der Waals surface area contributed by atoms with Crippen LogP contribution in [0.15, 0.2) is 175 Å². The number of para-hydroxylation sites is 1. The zero-order valence-electron chi connectivity index (χ0n) is 27.3. The van der Waals surface area contributed by atoms with E-state index >= 15 is 0 Å². The summed E-state index contributed by atoms with van der Waals surface area (Å²) in [5, 5.41) is 2.66. The van der Waals surface area contributed by atoms with Crippen LogP contribution in [-0.2, 0) is 0 Å². The molecule has 0 amide bonds. The van der Waals surface area contributed by atoms with Crippen molar-refractivity contribution in [2.45, 2.75) is 12.5 Å². The van der Waals surface area contributed by atoms with E-state index in [1.165, 1.54) is 76.1 Å². The normalized spacial score (nSPS) is 16.0. The first-order valence-corrected chi connectivity index (χ1v) is 17.9. The van der Waals surface area contributed by atoms with Gasteiger partial charge < -0.3 is 10.6 Å². The van der Waals surface area contributed by atoms with E-state index in [0.29, 0.717) is 0 Å². The van der Waals surface area contributed by atoms with E-state index in [1.807, 2.05) is 35.6 Å². The molecule has 50 heavy (non-hydrogen) atoms. The summed E-state index contributed by atoms with van der Waals surface area (Å²) in [5.41, 5.74) is 25.1. The van der Waals surface area contributed by atoms with E-state index in [2.05, 4.69) is 150 Å². The molecule has 3 aliphatic rings. The molecular weight excluding hydrogens is 625 g/mol. The quantitative estimate of drug-likeness (QED) is 0.148. The minimum Gasteiger partial charge on any atom is -0.398 e. The molecule has 0 saturated carbocycles. The van der Waals surface area contributed by atoms with Gasteiger partial charge in [0.25, 0.3) is 0 Å². The van der Waals surface area contributed by atoms with Gasteiger partial charge in [0.05, 0.1) is 11.7 Å². The number of nitrogens with zero attached hydrogens (tertiary/aromatic N) is 1. The van der Waals surface area contributed by atoms with Crippen LogP contribution in [0.4, 0.5) is 11.4 Å². The van der Waals surface area contributed by atoms with Crippen molar-refractivity contribution in [3.8, 4) is 33.4 Å². The predicted octanol–water partition coefficient (Wildman–Crippen LogP) is 12.3. The highest BCUT2D eigenvalue weighted by Crippen LogP contribution is 2.48. The number of fused-ring (bicyclic) bond motifs is 7. The average molecular weight is 657 g/mol. The fourth-order valence-electron chi connectivity index (χ4n) is 7.94. The Labute approximate surface area is 295 Å². The molecule has 3 heteroatoms. The van der Waals surface area contributed by atoms with E-state index in [9.17, 15) is 0 Å². The predicted molar refractivity (Wildman–Crippen MR) is 214 cm³/mol. The Morgan fingerprint density at radius 3 is 2.22 bits per heavy atom. The molecule has 2 N–H and O–H groups in total. The van der Waals surface area contributed by atoms with Gasteiger partial charge in [-0.2, -0.15) is 0 Å². The highest BCUT2D eigenvalue weighted by molar-refractivity contribution is 7.26. The van der Waals surface area contributed by atoms with Crippen molar-refractivity contribution in [1.82, 2.24) is 0 Å². The molecule has 2 heterocycles. The SMILES string of the molecule is Nc1ccccc1-c1cccc(-c2cccc(C3=CC4CC(=C3)c3cc(-c5cccc6c5sc5ccccc56)ccc3N4C3=CC=C=C3)c2)c1. The van der Waals surface area contributed by atoms with Crippen LogP contribution in [0.1, 0.15) is 17.5 Å². The van der Waals surface area contributed by atoms with Gasteiger partial charge >= 0.3 is 0 Å². The van der Waals surface area contributed by atoms with Gasteiger partial charge in [-0.05, 0) is 99.5 Å². The number of nitrogen functional groups attached to an aromatic ring is 1. The number of benzene rings is 6. The summed E-state index contributed by atoms with van der Waals surface area (Å²) in [7, 11) is 0. The lowest BCUT2D eigenvalue weighted by molar-refractivity contribution is 0.756. The number of rotatable bonds is 5. The molecule has 1 aromatic heterocycles. The van der Waals surface area contributed by atoms with Crippen LogP contribution < -0.4 is 10.6 Å². The summed E-state index contributed by atoms with van der Waals surface area (Å²) < 4.78 is 2.68. The van der Waals surface area contributed by atoms with Crippen LogP contribution in [-0.4, -0.2) is 6.04 Å². The lowest BCUT2D eigenvalue weighted by Gasteiger charge is -2.41. The van der Waals surface area contributed by atoms with Gasteiger partial charge in [-0.25, -0.2) is 0 Å². The summed E-state index contributed by atoms with van der Waals surface area (Å²) >= 11 is 1.89. The van der Waals surface area contributed by atoms with Crippen molar-refractivity contribution in [3.63, 3.8) is 0 Å². The molecular formula is C47H32N2S. The summed E-state index contributed by atoms with van der Waals surface area (Å²) in [6.45, 7) is 0. The zero-order chi connectivity index (χ0) is 33.2. The van der Waals surface area contributed by atoms with E-state index in [1.54, 1.807) is 0 Å². The molecule has 0 radical (unpaired) electrons. The first-order valence-electron chi connectivity index (χ1n) is 17.1. The molecule has 2 nitrogen and oxygen atoms in total. The molecule has 0 spiro atoms. The Bertz CT molecular complexity index is 2690. The standard InChI is InChI=1S/C47H32N2S/c48-44-20-5-3-16-39(44)33-13-8-11-31(25-33)30-10-7-12-32(24-30)35-26-36-28-38(27-35)49(37-14-1-2-15-37)45-23-22-34(29-43(36)45)40-18-9-19-42-41-17-4-6-21-46(41)50-47(40)42/h1,3-27,29,38H,28,48H2. The second-order valence-electron chi connectivity index (χ2n) is 13.3. The van der Waals surface area contributed by atoms with Crippen molar-refractivity contribution >= 4 is 54.0 Å². The minimum absolute atomic E-state index is 0.207. The number of allylic oxidation sites excluding steroid dienone is 4. The second kappa shape index (κ2) is 11.5. The minimum atomic E-state index is 0.207. The van der Waals surface area contributed by atoms with Gasteiger partial charge in [-0.15, -0.1) is 17.1 Å². The molecule has 1 atom stereocenters. The second-order valence-corrected chi connectivity index (χ2v) is 14.3.